The molecule has 0 heterocycles. The number of hydrogen-bond donors (Lipinski definition) is 1. The van der Waals surface area contributed by atoms with Crippen molar-refractivity contribution in [2.45, 2.75) is 6.42 Å². The Labute approximate surface area is 162 Å². The first-order chi connectivity index (χ1) is 13.5. The zero-order valence-corrected chi connectivity index (χ0v) is 15.1. The Hall–Kier alpha value is -4.10. The third kappa shape index (κ3) is 6.01. The van der Waals surface area contributed by atoms with Gasteiger partial charge in [-0.15, -0.1) is 0 Å². The Kier molecular flexibility index (Phi) is 7.33. The number of nitrogens with zero attached hydrogens (tertiary/aromatic N) is 2. The highest BCUT2D eigenvalue weighted by atomic mass is 16.5. The van der Waals surface area contributed by atoms with Gasteiger partial charge in [0.2, 0.25) is 0 Å². The molecule has 0 fully saturated rings. The molecule has 0 aliphatic heterocycles. The largest absolute Gasteiger partial charge is 0.497 e. The average molecular weight is 375 g/mol. The number of amides is 1. The molecule has 1 N–H and O–H groups in total. The molecule has 28 heavy (non-hydrogen) atoms. The van der Waals surface area contributed by atoms with E-state index in [0.29, 0.717) is 17.0 Å². The van der Waals surface area contributed by atoms with Gasteiger partial charge in [-0.3, -0.25) is 4.79 Å². The van der Waals surface area contributed by atoms with Gasteiger partial charge in [0.05, 0.1) is 19.6 Å². The van der Waals surface area contributed by atoms with E-state index in [9.17, 15) is 9.59 Å². The second kappa shape index (κ2) is 10.1. The molecule has 0 saturated heterocycles. The molecule has 0 bridgehead atoms. The third-order valence-corrected chi connectivity index (χ3v) is 3.62. The predicted octanol–water partition coefficient (Wildman–Crippen LogP) is 2.85. The Bertz CT molecular complexity index is 949. The first kappa shape index (κ1) is 20.2. The standard InChI is InChI=1S/C21H17N3O4/c1-27-19-8-4-16(5-9-19)12-17(13-23)21(26)28-14-20(25)24-18-6-2-15(3-7-18)10-11-22/h2-9,12H,10,14H2,1H3,(H,24,25)/b17-12+. The normalized spacial score (nSPS) is 10.3. The van der Waals surface area contributed by atoms with Crippen LogP contribution in [0.5, 0.6) is 5.75 Å². The molecule has 0 saturated carbocycles. The summed E-state index contributed by atoms with van der Waals surface area (Å²) < 4.78 is 9.94. The first-order valence-corrected chi connectivity index (χ1v) is 8.24. The van der Waals surface area contributed by atoms with E-state index in [1.165, 1.54) is 13.2 Å². The van der Waals surface area contributed by atoms with Crippen molar-refractivity contribution in [3.63, 3.8) is 0 Å². The van der Waals surface area contributed by atoms with Gasteiger partial charge in [-0.2, -0.15) is 10.5 Å². The summed E-state index contributed by atoms with van der Waals surface area (Å²) in [7, 11) is 1.54. The number of benzene rings is 2. The number of carbonyl (C=O) groups excluding carboxylic acids is 2. The van der Waals surface area contributed by atoms with Crippen molar-refractivity contribution >= 4 is 23.6 Å². The lowest BCUT2D eigenvalue weighted by Crippen LogP contribution is -2.21. The van der Waals surface area contributed by atoms with Gasteiger partial charge >= 0.3 is 5.97 Å². The fourth-order valence-electron chi connectivity index (χ4n) is 2.21. The van der Waals surface area contributed by atoms with E-state index in [2.05, 4.69) is 5.32 Å². The number of esters is 1. The lowest BCUT2D eigenvalue weighted by molar-refractivity contribution is -0.142. The third-order valence-electron chi connectivity index (χ3n) is 3.62. The van der Waals surface area contributed by atoms with Crippen LogP contribution in [0.15, 0.2) is 54.1 Å². The van der Waals surface area contributed by atoms with Gasteiger partial charge in [-0.1, -0.05) is 24.3 Å². The Morgan fingerprint density at radius 1 is 1.07 bits per heavy atom. The second-order valence-electron chi connectivity index (χ2n) is 5.60. The highest BCUT2D eigenvalue weighted by molar-refractivity contribution is 6.00. The number of rotatable bonds is 7. The molecule has 7 heteroatoms. The fourth-order valence-corrected chi connectivity index (χ4v) is 2.21. The minimum Gasteiger partial charge on any atom is -0.497 e. The number of hydrogen-bond acceptors (Lipinski definition) is 6. The minimum absolute atomic E-state index is 0.223. The maximum Gasteiger partial charge on any atom is 0.349 e. The molecule has 140 valence electrons. The van der Waals surface area contributed by atoms with Crippen LogP contribution in [-0.4, -0.2) is 25.6 Å². The molecule has 2 aromatic carbocycles. The van der Waals surface area contributed by atoms with Crippen LogP contribution >= 0.6 is 0 Å². The molecule has 2 rings (SSSR count). The van der Waals surface area contributed by atoms with E-state index in [-0.39, 0.29) is 12.0 Å². The summed E-state index contributed by atoms with van der Waals surface area (Å²) in [5.74, 6) is -0.781. The average Bonchev–Trinajstić information content (AvgIpc) is 2.72. The maximum absolute atomic E-state index is 12.0. The molecule has 0 aliphatic rings. The molecule has 2 aromatic rings. The van der Waals surface area contributed by atoms with Crippen LogP contribution in [0.25, 0.3) is 6.08 Å². The van der Waals surface area contributed by atoms with Crippen LogP contribution in [-0.2, 0) is 20.7 Å². The van der Waals surface area contributed by atoms with Gasteiger partial charge < -0.3 is 14.8 Å². The SMILES string of the molecule is COc1ccc(/C=C(\C#N)C(=O)OCC(=O)Nc2ccc(CC#N)cc2)cc1. The predicted molar refractivity (Wildman–Crippen MR) is 102 cm³/mol. The molecule has 0 spiro atoms. The van der Waals surface area contributed by atoms with Gasteiger partial charge in [0.25, 0.3) is 5.91 Å². The van der Waals surface area contributed by atoms with Crippen LogP contribution in [0.2, 0.25) is 0 Å². The van der Waals surface area contributed by atoms with E-state index >= 15 is 0 Å². The van der Waals surface area contributed by atoms with E-state index in [4.69, 9.17) is 20.0 Å². The summed E-state index contributed by atoms with van der Waals surface area (Å²) in [6.45, 7) is -0.527. The zero-order valence-electron chi connectivity index (χ0n) is 15.1. The number of methoxy groups -OCH3 is 1. The monoisotopic (exact) mass is 375 g/mol. The fraction of sp³-hybridized carbons (Fsp3) is 0.143. The summed E-state index contributed by atoms with van der Waals surface area (Å²) >= 11 is 0. The smallest absolute Gasteiger partial charge is 0.349 e. The summed E-state index contributed by atoms with van der Waals surface area (Å²) in [5, 5.41) is 20.4. The van der Waals surface area contributed by atoms with Crippen molar-refractivity contribution in [3.8, 4) is 17.9 Å². The van der Waals surface area contributed by atoms with E-state index < -0.39 is 18.5 Å². The van der Waals surface area contributed by atoms with Crippen LogP contribution in [0, 0.1) is 22.7 Å². The lowest BCUT2D eigenvalue weighted by atomic mass is 10.1. The van der Waals surface area contributed by atoms with Gasteiger partial charge in [0.1, 0.15) is 17.4 Å². The molecular formula is C21H17N3O4. The first-order valence-electron chi connectivity index (χ1n) is 8.24. The minimum atomic E-state index is -0.891. The van der Waals surface area contributed by atoms with Crippen molar-refractivity contribution in [3.05, 3.63) is 65.2 Å². The van der Waals surface area contributed by atoms with Gasteiger partial charge in [-0.25, -0.2) is 4.79 Å². The number of nitriles is 2. The second-order valence-corrected chi connectivity index (χ2v) is 5.60. The Morgan fingerprint density at radius 2 is 1.75 bits per heavy atom. The molecule has 7 nitrogen and oxygen atoms in total. The molecule has 0 aliphatic carbocycles. The van der Waals surface area contributed by atoms with Crippen LogP contribution < -0.4 is 10.1 Å². The summed E-state index contributed by atoms with van der Waals surface area (Å²) in [4.78, 5) is 23.9. The lowest BCUT2D eigenvalue weighted by Gasteiger charge is -2.07. The van der Waals surface area contributed by atoms with Crippen molar-refractivity contribution in [2.75, 3.05) is 19.0 Å². The van der Waals surface area contributed by atoms with Gasteiger partial charge in [0, 0.05) is 5.69 Å². The van der Waals surface area contributed by atoms with Crippen molar-refractivity contribution in [2.24, 2.45) is 0 Å². The number of anilines is 1. The van der Waals surface area contributed by atoms with Crippen LogP contribution in [0.4, 0.5) is 5.69 Å². The molecule has 0 atom stereocenters. The summed E-state index contributed by atoms with van der Waals surface area (Å²) in [6.07, 6.45) is 1.65. The quantitative estimate of drug-likeness (QED) is 0.452. The number of nitrogens with one attached hydrogen (secondary N) is 1. The molecular weight excluding hydrogens is 358 g/mol. The summed E-state index contributed by atoms with van der Waals surface area (Å²) in [5.41, 5.74) is 1.74. The van der Waals surface area contributed by atoms with Gasteiger partial charge in [0.15, 0.2) is 6.61 Å². The van der Waals surface area contributed by atoms with E-state index in [1.54, 1.807) is 54.6 Å². The van der Waals surface area contributed by atoms with Crippen molar-refractivity contribution in [1.82, 2.24) is 0 Å². The molecule has 1 amide bonds. The van der Waals surface area contributed by atoms with Crippen molar-refractivity contribution in [1.29, 1.82) is 10.5 Å². The Morgan fingerprint density at radius 3 is 2.32 bits per heavy atom. The Balaban J connectivity index is 1.91. The number of carbonyl (C=O) groups is 2. The van der Waals surface area contributed by atoms with Crippen molar-refractivity contribution < 1.29 is 19.1 Å². The van der Waals surface area contributed by atoms with E-state index in [0.717, 1.165) is 5.56 Å². The molecule has 0 aromatic heterocycles. The molecule has 0 radical (unpaired) electrons. The highest BCUT2D eigenvalue weighted by Gasteiger charge is 2.13. The van der Waals surface area contributed by atoms with Crippen LogP contribution in [0.3, 0.4) is 0 Å². The zero-order chi connectivity index (χ0) is 20.4. The maximum atomic E-state index is 12.0. The number of ether oxygens (including phenoxy) is 2. The molecule has 0 unspecified atom stereocenters. The highest BCUT2D eigenvalue weighted by Crippen LogP contribution is 2.14. The van der Waals surface area contributed by atoms with Crippen LogP contribution in [0.1, 0.15) is 11.1 Å². The van der Waals surface area contributed by atoms with E-state index in [1.807, 2.05) is 6.07 Å². The summed E-state index contributed by atoms with van der Waals surface area (Å²) in [6, 6.07) is 17.3. The topological polar surface area (TPSA) is 112 Å². The van der Waals surface area contributed by atoms with Gasteiger partial charge in [-0.05, 0) is 41.5 Å².